The van der Waals surface area contributed by atoms with Gasteiger partial charge in [-0.2, -0.15) is 0 Å². The van der Waals surface area contributed by atoms with Crippen LogP contribution in [-0.4, -0.2) is 24.1 Å². The summed E-state index contributed by atoms with van der Waals surface area (Å²) in [7, 11) is 0. The average Bonchev–Trinajstić information content (AvgIpc) is 2.79. The Balaban J connectivity index is 1.81. The van der Waals surface area contributed by atoms with E-state index >= 15 is 0 Å². The SMILES string of the molecule is CC(C)C(=O)NCCNC1CCc2c(O)cccc21. The van der Waals surface area contributed by atoms with E-state index in [9.17, 15) is 9.90 Å². The van der Waals surface area contributed by atoms with Crippen LogP contribution in [0.1, 0.15) is 37.4 Å². The average molecular weight is 262 g/mol. The van der Waals surface area contributed by atoms with Gasteiger partial charge in [0.05, 0.1) is 0 Å². The van der Waals surface area contributed by atoms with E-state index in [1.165, 1.54) is 5.56 Å². The van der Waals surface area contributed by atoms with Gasteiger partial charge in [-0.1, -0.05) is 26.0 Å². The molecule has 104 valence electrons. The van der Waals surface area contributed by atoms with Crippen molar-refractivity contribution in [2.45, 2.75) is 32.7 Å². The Morgan fingerprint density at radius 2 is 2.21 bits per heavy atom. The van der Waals surface area contributed by atoms with Crippen LogP contribution in [0.15, 0.2) is 18.2 Å². The van der Waals surface area contributed by atoms with Gasteiger partial charge in [-0.15, -0.1) is 0 Å². The van der Waals surface area contributed by atoms with Gasteiger partial charge in [-0.25, -0.2) is 0 Å². The number of amides is 1. The molecule has 0 saturated heterocycles. The largest absolute Gasteiger partial charge is 0.508 e. The molecule has 0 aliphatic heterocycles. The number of fused-ring (bicyclic) bond motifs is 1. The van der Waals surface area contributed by atoms with Crippen molar-refractivity contribution < 1.29 is 9.90 Å². The van der Waals surface area contributed by atoms with E-state index in [0.29, 0.717) is 12.3 Å². The van der Waals surface area contributed by atoms with Gasteiger partial charge in [0.25, 0.3) is 0 Å². The highest BCUT2D eigenvalue weighted by Crippen LogP contribution is 2.35. The normalized spacial score (nSPS) is 17.5. The van der Waals surface area contributed by atoms with Crippen molar-refractivity contribution in [2.24, 2.45) is 5.92 Å². The number of phenolic OH excluding ortho intramolecular Hbond substituents is 1. The van der Waals surface area contributed by atoms with Crippen LogP contribution >= 0.6 is 0 Å². The third-order valence-corrected chi connectivity index (χ3v) is 3.59. The maximum absolute atomic E-state index is 11.4. The zero-order valence-corrected chi connectivity index (χ0v) is 11.6. The minimum Gasteiger partial charge on any atom is -0.508 e. The number of benzene rings is 1. The summed E-state index contributed by atoms with van der Waals surface area (Å²) in [6.45, 7) is 5.16. The van der Waals surface area contributed by atoms with Gasteiger partial charge in [-0.3, -0.25) is 4.79 Å². The number of hydrogen-bond donors (Lipinski definition) is 3. The number of carbonyl (C=O) groups is 1. The molecule has 1 atom stereocenters. The molecule has 0 heterocycles. The van der Waals surface area contributed by atoms with Crippen molar-refractivity contribution >= 4 is 5.91 Å². The van der Waals surface area contributed by atoms with E-state index in [0.717, 1.165) is 24.9 Å². The lowest BCUT2D eigenvalue weighted by molar-refractivity contribution is -0.123. The summed E-state index contributed by atoms with van der Waals surface area (Å²) in [4.78, 5) is 11.4. The first-order valence-electron chi connectivity index (χ1n) is 6.91. The zero-order chi connectivity index (χ0) is 13.8. The van der Waals surface area contributed by atoms with Crippen molar-refractivity contribution in [2.75, 3.05) is 13.1 Å². The standard InChI is InChI=1S/C15H22N2O2/c1-10(2)15(19)17-9-8-16-13-7-6-12-11(13)4-3-5-14(12)18/h3-5,10,13,16,18H,6-9H2,1-2H3,(H,17,19). The number of aromatic hydroxyl groups is 1. The van der Waals surface area contributed by atoms with Gasteiger partial charge in [-0.05, 0) is 30.0 Å². The summed E-state index contributed by atoms with van der Waals surface area (Å²) in [5.74, 6) is 0.519. The zero-order valence-electron chi connectivity index (χ0n) is 11.6. The molecule has 1 aromatic carbocycles. The van der Waals surface area contributed by atoms with E-state index < -0.39 is 0 Å². The third-order valence-electron chi connectivity index (χ3n) is 3.59. The maximum Gasteiger partial charge on any atom is 0.222 e. The molecule has 4 nitrogen and oxygen atoms in total. The van der Waals surface area contributed by atoms with Gasteiger partial charge < -0.3 is 15.7 Å². The highest BCUT2D eigenvalue weighted by atomic mass is 16.3. The number of phenols is 1. The third kappa shape index (κ3) is 3.26. The van der Waals surface area contributed by atoms with Gasteiger partial charge in [0.2, 0.25) is 5.91 Å². The van der Waals surface area contributed by atoms with Crippen molar-refractivity contribution in [1.82, 2.24) is 10.6 Å². The van der Waals surface area contributed by atoms with Crippen molar-refractivity contribution in [1.29, 1.82) is 0 Å². The van der Waals surface area contributed by atoms with Crippen molar-refractivity contribution in [3.05, 3.63) is 29.3 Å². The minimum atomic E-state index is 0.0316. The summed E-state index contributed by atoms with van der Waals surface area (Å²) in [5.41, 5.74) is 2.25. The molecule has 0 bridgehead atoms. The minimum absolute atomic E-state index is 0.0316. The molecule has 4 heteroatoms. The Morgan fingerprint density at radius 3 is 2.95 bits per heavy atom. The van der Waals surface area contributed by atoms with Gasteiger partial charge in [0.1, 0.15) is 5.75 Å². The Hall–Kier alpha value is -1.55. The summed E-state index contributed by atoms with van der Waals surface area (Å²) >= 11 is 0. The monoisotopic (exact) mass is 262 g/mol. The van der Waals surface area contributed by atoms with E-state index in [-0.39, 0.29) is 17.9 Å². The lowest BCUT2D eigenvalue weighted by Gasteiger charge is -2.15. The van der Waals surface area contributed by atoms with Crippen LogP contribution in [0, 0.1) is 5.92 Å². The van der Waals surface area contributed by atoms with E-state index in [2.05, 4.69) is 16.7 Å². The van der Waals surface area contributed by atoms with Crippen LogP contribution < -0.4 is 10.6 Å². The molecule has 2 rings (SSSR count). The smallest absolute Gasteiger partial charge is 0.222 e. The topological polar surface area (TPSA) is 61.4 Å². The van der Waals surface area contributed by atoms with Crippen LogP contribution in [-0.2, 0) is 11.2 Å². The summed E-state index contributed by atoms with van der Waals surface area (Å²) in [6, 6.07) is 5.98. The maximum atomic E-state index is 11.4. The molecular weight excluding hydrogens is 240 g/mol. The van der Waals surface area contributed by atoms with Crippen molar-refractivity contribution in [3.63, 3.8) is 0 Å². The van der Waals surface area contributed by atoms with Crippen molar-refractivity contribution in [3.8, 4) is 5.75 Å². The highest BCUT2D eigenvalue weighted by Gasteiger charge is 2.23. The summed E-state index contributed by atoms with van der Waals surface area (Å²) < 4.78 is 0. The Labute approximate surface area is 114 Å². The Bertz CT molecular complexity index is 457. The fourth-order valence-corrected chi connectivity index (χ4v) is 2.48. The first kappa shape index (κ1) is 13.9. The number of nitrogens with one attached hydrogen (secondary N) is 2. The molecule has 0 radical (unpaired) electrons. The van der Waals surface area contributed by atoms with Crippen LogP contribution in [0.2, 0.25) is 0 Å². The molecule has 1 aromatic rings. The molecular formula is C15H22N2O2. The molecule has 1 amide bonds. The van der Waals surface area contributed by atoms with Crippen LogP contribution in [0.5, 0.6) is 5.75 Å². The Morgan fingerprint density at radius 1 is 1.42 bits per heavy atom. The van der Waals surface area contributed by atoms with Gasteiger partial charge in [0.15, 0.2) is 0 Å². The van der Waals surface area contributed by atoms with E-state index in [1.807, 2.05) is 19.9 Å². The van der Waals surface area contributed by atoms with E-state index in [4.69, 9.17) is 0 Å². The van der Waals surface area contributed by atoms with Crippen LogP contribution in [0.4, 0.5) is 0 Å². The number of hydrogen-bond acceptors (Lipinski definition) is 3. The summed E-state index contributed by atoms with van der Waals surface area (Å²) in [5, 5.41) is 16.1. The van der Waals surface area contributed by atoms with Gasteiger partial charge >= 0.3 is 0 Å². The molecule has 0 aromatic heterocycles. The second kappa shape index (κ2) is 6.06. The number of rotatable bonds is 5. The molecule has 1 unspecified atom stereocenters. The molecule has 0 fully saturated rings. The number of carbonyl (C=O) groups excluding carboxylic acids is 1. The fraction of sp³-hybridized carbons (Fsp3) is 0.533. The second-order valence-corrected chi connectivity index (χ2v) is 5.34. The highest BCUT2D eigenvalue weighted by molar-refractivity contribution is 5.77. The van der Waals surface area contributed by atoms with Gasteiger partial charge in [0, 0.05) is 25.0 Å². The van der Waals surface area contributed by atoms with Crippen LogP contribution in [0.3, 0.4) is 0 Å². The lowest BCUT2D eigenvalue weighted by atomic mass is 10.1. The Kier molecular flexibility index (Phi) is 4.43. The predicted molar refractivity (Wildman–Crippen MR) is 75.0 cm³/mol. The van der Waals surface area contributed by atoms with Crippen LogP contribution in [0.25, 0.3) is 0 Å². The predicted octanol–water partition coefficient (Wildman–Crippen LogP) is 1.74. The molecule has 1 aliphatic carbocycles. The van der Waals surface area contributed by atoms with E-state index in [1.54, 1.807) is 6.07 Å². The molecule has 1 aliphatic rings. The first-order chi connectivity index (χ1) is 9.09. The quantitative estimate of drug-likeness (QED) is 0.708. The lowest BCUT2D eigenvalue weighted by Crippen LogP contribution is -2.35. The molecule has 3 N–H and O–H groups in total. The summed E-state index contributed by atoms with van der Waals surface area (Å²) in [6.07, 6.45) is 1.92. The molecule has 19 heavy (non-hydrogen) atoms. The molecule has 0 spiro atoms. The first-order valence-corrected chi connectivity index (χ1v) is 6.91. The second-order valence-electron chi connectivity index (χ2n) is 5.34. The fourth-order valence-electron chi connectivity index (χ4n) is 2.48. The molecule has 0 saturated carbocycles.